The van der Waals surface area contributed by atoms with Gasteiger partial charge in [-0.15, -0.1) is 0 Å². The highest BCUT2D eigenvalue weighted by molar-refractivity contribution is 5.97. The van der Waals surface area contributed by atoms with Gasteiger partial charge in [-0.25, -0.2) is 0 Å². The third-order valence-electron chi connectivity index (χ3n) is 6.37. The molecular formula is C27H35N. The van der Waals surface area contributed by atoms with Gasteiger partial charge in [0, 0.05) is 18.2 Å². The lowest BCUT2D eigenvalue weighted by atomic mass is 9.91. The maximum atomic E-state index is 4.74. The zero-order valence-electron chi connectivity index (χ0n) is 18.1. The first kappa shape index (κ1) is 20.6. The minimum atomic E-state index is 0.892. The van der Waals surface area contributed by atoms with Gasteiger partial charge in [0.15, 0.2) is 0 Å². The maximum absolute atomic E-state index is 4.74. The lowest BCUT2D eigenvalue weighted by molar-refractivity contribution is 0.419. The molecule has 1 nitrogen and oxygen atoms in total. The van der Waals surface area contributed by atoms with E-state index in [1.165, 1.54) is 71.9 Å². The summed E-state index contributed by atoms with van der Waals surface area (Å²) in [6.07, 6.45) is 10.7. The number of aromatic nitrogens is 1. The molecule has 2 aromatic rings. The van der Waals surface area contributed by atoms with Gasteiger partial charge >= 0.3 is 0 Å². The maximum Gasteiger partial charge on any atom is 0.0742 e. The van der Waals surface area contributed by atoms with Crippen LogP contribution in [-0.4, -0.2) is 4.98 Å². The van der Waals surface area contributed by atoms with Crippen molar-refractivity contribution >= 4 is 16.7 Å². The van der Waals surface area contributed by atoms with Crippen LogP contribution in [0.1, 0.15) is 87.7 Å². The van der Waals surface area contributed by atoms with Crippen LogP contribution in [0.25, 0.3) is 16.7 Å². The fraction of sp³-hybridized carbons (Fsp3) is 0.444. The average Bonchev–Trinajstić information content (AvgIpc) is 3.04. The SMILES string of the molecule is C=C(C)c1cccnc1C1=C(C)c2cccc(CCCC(CC)CCC)c2C1. The molecule has 1 aliphatic rings. The molecule has 0 amide bonds. The van der Waals surface area contributed by atoms with E-state index in [0.29, 0.717) is 0 Å². The van der Waals surface area contributed by atoms with Crippen molar-refractivity contribution in [3.63, 3.8) is 0 Å². The van der Waals surface area contributed by atoms with Crippen LogP contribution in [0.15, 0.2) is 43.1 Å². The number of fused-ring (bicyclic) bond motifs is 1. The standard InChI is InChI=1S/C27H35N/c1-6-11-21(7-2)12-8-13-22-14-9-15-24-20(5)25(18-26(22)24)27-23(19(3)4)16-10-17-28-27/h9-10,14-17,21H,3,6-8,11-13,18H2,1-2,4-5H3. The van der Waals surface area contributed by atoms with Crippen molar-refractivity contribution in [2.75, 3.05) is 0 Å². The summed E-state index contributed by atoms with van der Waals surface area (Å²) < 4.78 is 0. The van der Waals surface area contributed by atoms with Crippen molar-refractivity contribution in [3.8, 4) is 0 Å². The molecule has 1 unspecified atom stereocenters. The van der Waals surface area contributed by atoms with E-state index in [2.05, 4.69) is 58.5 Å². The molecule has 0 aliphatic heterocycles. The first-order valence-corrected chi connectivity index (χ1v) is 11.0. The number of hydrogen-bond acceptors (Lipinski definition) is 1. The summed E-state index contributed by atoms with van der Waals surface area (Å²) in [5, 5.41) is 0. The Hall–Kier alpha value is -2.15. The van der Waals surface area contributed by atoms with Gasteiger partial charge in [0.25, 0.3) is 0 Å². The zero-order valence-corrected chi connectivity index (χ0v) is 18.1. The number of hydrogen-bond donors (Lipinski definition) is 0. The molecule has 0 bridgehead atoms. The van der Waals surface area contributed by atoms with Crippen LogP contribution in [0, 0.1) is 5.92 Å². The fourth-order valence-corrected chi connectivity index (χ4v) is 4.69. The Morgan fingerprint density at radius 1 is 1.14 bits per heavy atom. The molecule has 0 N–H and O–H groups in total. The first-order valence-electron chi connectivity index (χ1n) is 11.0. The molecular weight excluding hydrogens is 338 g/mol. The van der Waals surface area contributed by atoms with Crippen LogP contribution in [-0.2, 0) is 12.8 Å². The quantitative estimate of drug-likeness (QED) is 0.438. The summed E-state index contributed by atoms with van der Waals surface area (Å²) in [5.41, 5.74) is 10.6. The summed E-state index contributed by atoms with van der Waals surface area (Å²) in [6, 6.07) is 11.0. The summed E-state index contributed by atoms with van der Waals surface area (Å²) in [4.78, 5) is 4.74. The van der Waals surface area contributed by atoms with Crippen molar-refractivity contribution in [1.82, 2.24) is 4.98 Å². The van der Waals surface area contributed by atoms with Crippen LogP contribution in [0.3, 0.4) is 0 Å². The van der Waals surface area contributed by atoms with Crippen LogP contribution < -0.4 is 0 Å². The number of allylic oxidation sites excluding steroid dienone is 3. The van der Waals surface area contributed by atoms with Gasteiger partial charge in [-0.05, 0) is 72.1 Å². The largest absolute Gasteiger partial charge is 0.256 e. The van der Waals surface area contributed by atoms with E-state index >= 15 is 0 Å². The molecule has 0 spiro atoms. The number of aryl methyl sites for hydroxylation is 1. The van der Waals surface area contributed by atoms with E-state index in [1.54, 1.807) is 0 Å². The predicted octanol–water partition coefficient (Wildman–Crippen LogP) is 7.75. The third kappa shape index (κ3) is 4.29. The Balaban J connectivity index is 1.81. The van der Waals surface area contributed by atoms with E-state index in [1.807, 2.05) is 12.3 Å². The molecule has 148 valence electrons. The normalized spacial score (nSPS) is 14.3. The van der Waals surface area contributed by atoms with Crippen LogP contribution in [0.5, 0.6) is 0 Å². The average molecular weight is 374 g/mol. The van der Waals surface area contributed by atoms with Gasteiger partial charge in [0.05, 0.1) is 5.69 Å². The smallest absolute Gasteiger partial charge is 0.0742 e. The highest BCUT2D eigenvalue weighted by Gasteiger charge is 2.24. The number of nitrogens with zero attached hydrogens (tertiary/aromatic N) is 1. The second-order valence-corrected chi connectivity index (χ2v) is 8.36. The Morgan fingerprint density at radius 3 is 2.68 bits per heavy atom. The summed E-state index contributed by atoms with van der Waals surface area (Å²) in [6.45, 7) is 13.1. The van der Waals surface area contributed by atoms with E-state index in [0.717, 1.165) is 23.6 Å². The Labute approximate surface area is 171 Å². The molecule has 1 aromatic carbocycles. The molecule has 0 fully saturated rings. The van der Waals surface area contributed by atoms with Crippen LogP contribution in [0.4, 0.5) is 0 Å². The number of benzene rings is 1. The number of pyridine rings is 1. The fourth-order valence-electron chi connectivity index (χ4n) is 4.69. The van der Waals surface area contributed by atoms with Gasteiger partial charge in [0.1, 0.15) is 0 Å². The van der Waals surface area contributed by atoms with Crippen molar-refractivity contribution in [3.05, 3.63) is 71.1 Å². The topological polar surface area (TPSA) is 12.9 Å². The first-order chi connectivity index (χ1) is 13.6. The minimum Gasteiger partial charge on any atom is -0.256 e. The second kappa shape index (κ2) is 9.37. The van der Waals surface area contributed by atoms with Gasteiger partial charge in [-0.2, -0.15) is 0 Å². The molecule has 0 saturated heterocycles. The summed E-state index contributed by atoms with van der Waals surface area (Å²) in [7, 11) is 0. The second-order valence-electron chi connectivity index (χ2n) is 8.36. The summed E-state index contributed by atoms with van der Waals surface area (Å²) in [5.74, 6) is 0.892. The Bertz CT molecular complexity index is 872. The molecule has 28 heavy (non-hydrogen) atoms. The molecule has 1 aliphatic carbocycles. The van der Waals surface area contributed by atoms with Crippen LogP contribution >= 0.6 is 0 Å². The monoisotopic (exact) mass is 373 g/mol. The van der Waals surface area contributed by atoms with E-state index in [-0.39, 0.29) is 0 Å². The third-order valence-corrected chi connectivity index (χ3v) is 6.37. The molecule has 1 aromatic heterocycles. The molecule has 3 rings (SSSR count). The van der Waals surface area contributed by atoms with E-state index < -0.39 is 0 Å². The highest BCUT2D eigenvalue weighted by Crippen LogP contribution is 2.41. The predicted molar refractivity (Wildman–Crippen MR) is 123 cm³/mol. The van der Waals surface area contributed by atoms with Gasteiger partial charge in [-0.3, -0.25) is 4.98 Å². The minimum absolute atomic E-state index is 0.892. The Morgan fingerprint density at radius 2 is 1.96 bits per heavy atom. The lowest BCUT2D eigenvalue weighted by Crippen LogP contribution is -2.01. The van der Waals surface area contributed by atoms with Gasteiger partial charge < -0.3 is 0 Å². The van der Waals surface area contributed by atoms with Crippen LogP contribution in [0.2, 0.25) is 0 Å². The summed E-state index contributed by atoms with van der Waals surface area (Å²) >= 11 is 0. The highest BCUT2D eigenvalue weighted by atomic mass is 14.7. The van der Waals surface area contributed by atoms with E-state index in [4.69, 9.17) is 4.98 Å². The Kier molecular flexibility index (Phi) is 6.88. The molecule has 1 heterocycles. The lowest BCUT2D eigenvalue weighted by Gasteiger charge is -2.15. The van der Waals surface area contributed by atoms with Crippen molar-refractivity contribution in [2.45, 2.75) is 72.6 Å². The van der Waals surface area contributed by atoms with Crippen molar-refractivity contribution < 1.29 is 0 Å². The molecule has 0 radical (unpaired) electrons. The molecule has 0 saturated carbocycles. The van der Waals surface area contributed by atoms with Gasteiger partial charge in [-0.1, -0.05) is 70.4 Å². The molecule has 1 atom stereocenters. The number of rotatable bonds is 9. The van der Waals surface area contributed by atoms with Crippen molar-refractivity contribution in [2.24, 2.45) is 5.92 Å². The van der Waals surface area contributed by atoms with E-state index in [9.17, 15) is 0 Å². The molecule has 1 heteroatoms. The van der Waals surface area contributed by atoms with Crippen molar-refractivity contribution in [1.29, 1.82) is 0 Å². The van der Waals surface area contributed by atoms with Gasteiger partial charge in [0.2, 0.25) is 0 Å². The zero-order chi connectivity index (χ0) is 20.1.